The van der Waals surface area contributed by atoms with E-state index in [0.29, 0.717) is 5.69 Å². The number of imide groups is 1. The molecule has 1 fully saturated rings. The number of anilines is 1. The van der Waals surface area contributed by atoms with Gasteiger partial charge in [0.2, 0.25) is 0 Å². The molecule has 0 saturated carbocycles. The standard InChI is InChI=1S/C16H23N3O4P2/c1-16(2,3)23-15(22)19(11-8-6-5-7-9-11)13(20)12-10-18(25-24)14(21)17(12)4/h5-9,12,25H,10,24H2,1-4H3. The Hall–Kier alpha value is -1.71. The van der Waals surface area contributed by atoms with E-state index < -0.39 is 23.6 Å². The highest BCUT2D eigenvalue weighted by molar-refractivity contribution is 8.01. The lowest BCUT2D eigenvalue weighted by Gasteiger charge is -2.29. The van der Waals surface area contributed by atoms with Crippen LogP contribution in [-0.2, 0) is 9.53 Å². The first-order valence-corrected chi connectivity index (χ1v) is 10.5. The van der Waals surface area contributed by atoms with Gasteiger partial charge in [0, 0.05) is 7.05 Å². The molecule has 1 aliphatic heterocycles. The molecule has 0 radical (unpaired) electrons. The smallest absolute Gasteiger partial charge is 0.421 e. The summed E-state index contributed by atoms with van der Waals surface area (Å²) in [6.07, 6.45) is -0.753. The van der Waals surface area contributed by atoms with Crippen LogP contribution in [0.5, 0.6) is 0 Å². The minimum atomic E-state index is -0.753. The molecule has 0 spiro atoms. The van der Waals surface area contributed by atoms with E-state index in [1.54, 1.807) is 62.8 Å². The van der Waals surface area contributed by atoms with E-state index in [2.05, 4.69) is 8.93 Å². The first kappa shape index (κ1) is 19.6. The zero-order chi connectivity index (χ0) is 18.8. The summed E-state index contributed by atoms with van der Waals surface area (Å²) in [7, 11) is 4.23. The molecule has 7 nitrogen and oxygen atoms in total. The van der Waals surface area contributed by atoms with Crippen molar-refractivity contribution in [1.29, 1.82) is 0 Å². The number of likely N-dealkylation sites (N-methyl/N-ethyl adjacent to an activating group) is 1. The Balaban J connectivity index is 2.34. The molecular formula is C16H23N3O4P2. The monoisotopic (exact) mass is 383 g/mol. The SMILES string of the molecule is CN1C(=O)N(PP)CC1C(=O)N(C(=O)OC(C)(C)C)c1ccccc1. The molecule has 25 heavy (non-hydrogen) atoms. The lowest BCUT2D eigenvalue weighted by Crippen LogP contribution is -2.50. The van der Waals surface area contributed by atoms with E-state index in [-0.39, 0.29) is 21.0 Å². The van der Waals surface area contributed by atoms with Crippen LogP contribution in [0.3, 0.4) is 0 Å². The van der Waals surface area contributed by atoms with Gasteiger partial charge in [0.25, 0.3) is 5.91 Å². The normalized spacial score (nSPS) is 18.1. The second-order valence-electron chi connectivity index (χ2n) is 6.64. The topological polar surface area (TPSA) is 70.2 Å². The molecule has 9 heteroatoms. The van der Waals surface area contributed by atoms with Crippen LogP contribution in [0.4, 0.5) is 15.3 Å². The molecule has 0 aromatic heterocycles. The summed E-state index contributed by atoms with van der Waals surface area (Å²) < 4.78 is 6.96. The van der Waals surface area contributed by atoms with Crippen molar-refractivity contribution >= 4 is 41.1 Å². The van der Waals surface area contributed by atoms with Gasteiger partial charge in [-0.25, -0.2) is 14.5 Å². The van der Waals surface area contributed by atoms with Crippen molar-refractivity contribution in [3.8, 4) is 0 Å². The van der Waals surface area contributed by atoms with Crippen LogP contribution >= 0.6 is 17.3 Å². The van der Waals surface area contributed by atoms with Gasteiger partial charge in [-0.15, -0.1) is 0 Å². The van der Waals surface area contributed by atoms with Crippen molar-refractivity contribution in [1.82, 2.24) is 9.57 Å². The summed E-state index contributed by atoms with van der Waals surface area (Å²) in [6, 6.07) is 7.61. The fraction of sp³-hybridized carbons (Fsp3) is 0.438. The molecule has 2 rings (SSSR count). The molecule has 1 aromatic carbocycles. The van der Waals surface area contributed by atoms with Crippen LogP contribution in [0.2, 0.25) is 0 Å². The number of para-hydroxylation sites is 1. The van der Waals surface area contributed by atoms with Gasteiger partial charge in [0.15, 0.2) is 0 Å². The summed E-state index contributed by atoms with van der Waals surface area (Å²) in [5.74, 6) is -0.484. The lowest BCUT2D eigenvalue weighted by atomic mass is 10.2. The summed E-state index contributed by atoms with van der Waals surface area (Å²) in [5.41, 5.74) is -0.329. The molecule has 1 aromatic rings. The third kappa shape index (κ3) is 4.47. The average Bonchev–Trinajstić information content (AvgIpc) is 2.82. The first-order chi connectivity index (χ1) is 11.7. The maximum absolute atomic E-state index is 13.1. The third-order valence-electron chi connectivity index (χ3n) is 3.61. The van der Waals surface area contributed by atoms with Gasteiger partial charge in [0.05, 0.1) is 12.2 Å². The molecule has 136 valence electrons. The number of hydrogen-bond acceptors (Lipinski definition) is 4. The lowest BCUT2D eigenvalue weighted by molar-refractivity contribution is -0.121. The Morgan fingerprint density at radius 1 is 1.28 bits per heavy atom. The number of carbonyl (C=O) groups is 3. The Bertz CT molecular complexity index is 663. The van der Waals surface area contributed by atoms with Crippen LogP contribution in [0.25, 0.3) is 0 Å². The van der Waals surface area contributed by atoms with Gasteiger partial charge in [-0.3, -0.25) is 4.79 Å². The van der Waals surface area contributed by atoms with Crippen molar-refractivity contribution in [2.75, 3.05) is 18.5 Å². The maximum Gasteiger partial charge on any atom is 0.421 e. The van der Waals surface area contributed by atoms with E-state index in [0.717, 1.165) is 4.90 Å². The van der Waals surface area contributed by atoms with E-state index in [1.165, 1.54) is 4.90 Å². The molecule has 3 unspecified atom stereocenters. The van der Waals surface area contributed by atoms with E-state index in [4.69, 9.17) is 4.74 Å². The maximum atomic E-state index is 13.1. The van der Waals surface area contributed by atoms with Crippen LogP contribution in [0, 0.1) is 0 Å². The van der Waals surface area contributed by atoms with Crippen molar-refractivity contribution < 1.29 is 19.1 Å². The van der Waals surface area contributed by atoms with Crippen LogP contribution in [0.1, 0.15) is 20.8 Å². The Kier molecular flexibility index (Phi) is 6.02. The highest BCUT2D eigenvalue weighted by Gasteiger charge is 2.43. The molecule has 4 amide bonds. The van der Waals surface area contributed by atoms with Crippen molar-refractivity contribution in [3.05, 3.63) is 30.3 Å². The van der Waals surface area contributed by atoms with E-state index >= 15 is 0 Å². The second kappa shape index (κ2) is 7.67. The van der Waals surface area contributed by atoms with Crippen LogP contribution in [-0.4, -0.2) is 52.8 Å². The van der Waals surface area contributed by atoms with Gasteiger partial charge in [-0.05, 0) is 41.3 Å². The highest BCUT2D eigenvalue weighted by atomic mass is 32.0. The number of hydrogen-bond donors (Lipinski definition) is 0. The second-order valence-corrected chi connectivity index (χ2v) is 8.21. The molecule has 0 bridgehead atoms. The van der Waals surface area contributed by atoms with Crippen LogP contribution in [0.15, 0.2) is 30.3 Å². The number of nitrogens with zero attached hydrogens (tertiary/aromatic N) is 3. The number of urea groups is 1. The predicted octanol–water partition coefficient (Wildman–Crippen LogP) is 3.07. The summed E-state index contributed by atoms with van der Waals surface area (Å²) in [4.78, 5) is 40.3. The largest absolute Gasteiger partial charge is 0.443 e. The third-order valence-corrected chi connectivity index (χ3v) is 5.23. The molecule has 3 atom stereocenters. The minimum absolute atomic E-state index is 0.174. The minimum Gasteiger partial charge on any atom is -0.443 e. The van der Waals surface area contributed by atoms with Gasteiger partial charge < -0.3 is 14.3 Å². The number of benzene rings is 1. The number of amides is 4. The first-order valence-electron chi connectivity index (χ1n) is 7.78. The fourth-order valence-electron chi connectivity index (χ4n) is 2.41. The van der Waals surface area contributed by atoms with Gasteiger partial charge >= 0.3 is 12.1 Å². The van der Waals surface area contributed by atoms with Crippen molar-refractivity contribution in [3.63, 3.8) is 0 Å². The Morgan fingerprint density at radius 3 is 2.36 bits per heavy atom. The number of rotatable bonds is 3. The fourth-order valence-corrected chi connectivity index (χ4v) is 3.60. The van der Waals surface area contributed by atoms with E-state index in [9.17, 15) is 14.4 Å². The number of carbonyl (C=O) groups excluding carboxylic acids is 3. The quantitative estimate of drug-likeness (QED) is 0.753. The molecule has 1 saturated heterocycles. The van der Waals surface area contributed by atoms with Crippen molar-refractivity contribution in [2.24, 2.45) is 0 Å². The summed E-state index contributed by atoms with van der Waals surface area (Å²) in [6.45, 7) is 5.45. The zero-order valence-corrected chi connectivity index (χ0v) is 16.9. The Morgan fingerprint density at radius 2 is 1.88 bits per heavy atom. The van der Waals surface area contributed by atoms with Gasteiger partial charge in [-0.2, -0.15) is 0 Å². The van der Waals surface area contributed by atoms with E-state index in [1.807, 2.05) is 0 Å². The molecular weight excluding hydrogens is 360 g/mol. The zero-order valence-electron chi connectivity index (χ0n) is 14.7. The molecule has 0 N–H and O–H groups in total. The predicted molar refractivity (Wildman–Crippen MR) is 102 cm³/mol. The molecule has 0 aliphatic carbocycles. The summed E-state index contributed by atoms with van der Waals surface area (Å²) >= 11 is 0. The molecule has 1 aliphatic rings. The molecule has 1 heterocycles. The Labute approximate surface area is 151 Å². The van der Waals surface area contributed by atoms with Gasteiger partial charge in [-0.1, -0.05) is 27.1 Å². The van der Waals surface area contributed by atoms with Crippen molar-refractivity contribution in [2.45, 2.75) is 32.4 Å². The van der Waals surface area contributed by atoms with Crippen LogP contribution < -0.4 is 4.90 Å². The highest BCUT2D eigenvalue weighted by Crippen LogP contribution is 2.33. The average molecular weight is 383 g/mol. The van der Waals surface area contributed by atoms with Gasteiger partial charge in [0.1, 0.15) is 11.6 Å². The number of ether oxygens (including phenoxy) is 1. The summed E-state index contributed by atoms with van der Waals surface area (Å²) in [5, 5.41) is 0.